The van der Waals surface area contributed by atoms with Crippen molar-refractivity contribution in [3.63, 3.8) is 0 Å². The molecule has 1 aliphatic carbocycles. The van der Waals surface area contributed by atoms with Crippen molar-refractivity contribution in [2.24, 2.45) is 11.8 Å². The van der Waals surface area contributed by atoms with Gasteiger partial charge in [0.05, 0.1) is 23.6 Å². The van der Waals surface area contributed by atoms with Gasteiger partial charge in [0.1, 0.15) is 11.8 Å². The number of nitrogens with zero attached hydrogens (tertiary/aromatic N) is 2. The minimum Gasteiger partial charge on any atom is -0.480 e. The average Bonchev–Trinajstić information content (AvgIpc) is 3.69. The van der Waals surface area contributed by atoms with Crippen LogP contribution in [0.1, 0.15) is 75.5 Å². The smallest absolute Gasteiger partial charge is 0.327 e. The number of aryl methyl sites for hydroxylation is 2. The summed E-state index contributed by atoms with van der Waals surface area (Å²) in [4.78, 5) is 43.5. The second-order valence-electron chi connectivity index (χ2n) is 9.98. The average molecular weight is 517 g/mol. The first-order valence-corrected chi connectivity index (χ1v) is 13.4. The molecule has 8 heteroatoms. The van der Waals surface area contributed by atoms with Crippen LogP contribution >= 0.6 is 11.3 Å². The summed E-state index contributed by atoms with van der Waals surface area (Å²) in [5.41, 5.74) is 1.97. The molecule has 2 aliphatic rings. The third kappa shape index (κ3) is 4.38. The van der Waals surface area contributed by atoms with Crippen molar-refractivity contribution in [3.05, 3.63) is 80.9 Å². The number of hydrogen-bond donors (Lipinski definition) is 1. The summed E-state index contributed by atoms with van der Waals surface area (Å²) in [6.45, 7) is 3.65. The van der Waals surface area contributed by atoms with Crippen molar-refractivity contribution in [3.8, 4) is 6.07 Å². The molecule has 0 radical (unpaired) electrons. The molecule has 4 unspecified atom stereocenters. The maximum atomic E-state index is 14.2. The Balaban J connectivity index is 1.74. The zero-order valence-corrected chi connectivity index (χ0v) is 21.5. The number of carbonyl (C=O) groups is 3. The van der Waals surface area contributed by atoms with Crippen molar-refractivity contribution in [2.45, 2.75) is 57.5 Å². The van der Waals surface area contributed by atoms with Crippen molar-refractivity contribution in [1.82, 2.24) is 4.90 Å². The number of rotatable bonds is 6. The molecule has 1 aromatic carbocycles. The molecule has 1 amide bonds. The number of carbonyl (C=O) groups excluding carboxylic acids is 2. The predicted octanol–water partition coefficient (Wildman–Crippen LogP) is 5.64. The number of furan rings is 1. The monoisotopic (exact) mass is 516 g/mol. The normalized spacial score (nSPS) is 23.8. The number of likely N-dealkylation sites (tertiary alicyclic amines) is 1. The van der Waals surface area contributed by atoms with Gasteiger partial charge in [-0.1, -0.05) is 25.0 Å². The second kappa shape index (κ2) is 9.98. The maximum absolute atomic E-state index is 14.2. The van der Waals surface area contributed by atoms with Crippen LogP contribution in [0.2, 0.25) is 0 Å². The molecule has 4 atom stereocenters. The Morgan fingerprint density at radius 3 is 2.30 bits per heavy atom. The van der Waals surface area contributed by atoms with E-state index in [1.54, 1.807) is 43.3 Å². The minimum absolute atomic E-state index is 0.152. The highest BCUT2D eigenvalue weighted by molar-refractivity contribution is 7.10. The highest BCUT2D eigenvalue weighted by atomic mass is 32.1. The van der Waals surface area contributed by atoms with E-state index in [0.29, 0.717) is 29.7 Å². The molecule has 7 nitrogen and oxygen atoms in total. The highest BCUT2D eigenvalue weighted by Crippen LogP contribution is 2.54. The van der Waals surface area contributed by atoms with E-state index in [0.717, 1.165) is 23.3 Å². The van der Waals surface area contributed by atoms with Gasteiger partial charge in [0.2, 0.25) is 11.7 Å². The Hall–Kier alpha value is -3.70. The van der Waals surface area contributed by atoms with E-state index >= 15 is 0 Å². The summed E-state index contributed by atoms with van der Waals surface area (Å²) in [5.74, 6) is -2.84. The fourth-order valence-corrected chi connectivity index (χ4v) is 7.14. The summed E-state index contributed by atoms with van der Waals surface area (Å²) in [7, 11) is 0. The first kappa shape index (κ1) is 25.0. The maximum Gasteiger partial charge on any atom is 0.327 e. The Morgan fingerprint density at radius 1 is 1.05 bits per heavy atom. The van der Waals surface area contributed by atoms with Crippen LogP contribution in [0.15, 0.2) is 52.3 Å². The van der Waals surface area contributed by atoms with Crippen LogP contribution < -0.4 is 0 Å². The molecule has 190 valence electrons. The molecule has 2 aromatic heterocycles. The zero-order valence-electron chi connectivity index (χ0n) is 20.7. The Bertz CT molecular complexity index is 1380. The molecule has 3 aromatic rings. The number of amides is 1. The lowest BCUT2D eigenvalue weighted by molar-refractivity contribution is -0.152. The lowest BCUT2D eigenvalue weighted by atomic mass is 9.79. The van der Waals surface area contributed by atoms with Crippen molar-refractivity contribution >= 4 is 29.0 Å². The van der Waals surface area contributed by atoms with Gasteiger partial charge in [0.25, 0.3) is 0 Å². The first-order chi connectivity index (χ1) is 17.8. The van der Waals surface area contributed by atoms with Gasteiger partial charge in [-0.3, -0.25) is 9.59 Å². The van der Waals surface area contributed by atoms with E-state index in [4.69, 9.17) is 4.42 Å². The highest BCUT2D eigenvalue weighted by Gasteiger charge is 2.59. The van der Waals surface area contributed by atoms with E-state index in [1.165, 1.54) is 16.2 Å². The molecule has 3 heterocycles. The summed E-state index contributed by atoms with van der Waals surface area (Å²) in [6.07, 6.45) is 3.26. The predicted molar refractivity (Wildman–Crippen MR) is 137 cm³/mol. The largest absolute Gasteiger partial charge is 0.480 e. The Labute approximate surface area is 219 Å². The van der Waals surface area contributed by atoms with Crippen LogP contribution in [-0.4, -0.2) is 33.7 Å². The van der Waals surface area contributed by atoms with Gasteiger partial charge >= 0.3 is 5.97 Å². The van der Waals surface area contributed by atoms with Crippen molar-refractivity contribution < 1.29 is 23.9 Å². The first-order valence-electron chi connectivity index (χ1n) is 12.5. The zero-order chi connectivity index (χ0) is 26.3. The molecule has 1 saturated carbocycles. The summed E-state index contributed by atoms with van der Waals surface area (Å²) in [5, 5.41) is 21.8. The fraction of sp³-hybridized carbons (Fsp3) is 0.379. The number of carboxylic acid groups (broad SMARTS) is 1. The van der Waals surface area contributed by atoms with Gasteiger partial charge in [-0.2, -0.15) is 5.26 Å². The summed E-state index contributed by atoms with van der Waals surface area (Å²) < 4.78 is 5.73. The van der Waals surface area contributed by atoms with E-state index in [9.17, 15) is 24.8 Å². The molecule has 2 fully saturated rings. The van der Waals surface area contributed by atoms with Gasteiger partial charge in [-0.05, 0) is 73.5 Å². The molecule has 1 aliphatic heterocycles. The second-order valence-corrected chi connectivity index (χ2v) is 10.9. The number of ketones is 1. The third-order valence-electron chi connectivity index (χ3n) is 7.75. The number of nitriles is 1. The number of thiophene rings is 1. The lowest BCUT2D eigenvalue weighted by Gasteiger charge is -2.32. The van der Waals surface area contributed by atoms with E-state index < -0.39 is 29.9 Å². The van der Waals surface area contributed by atoms with E-state index in [1.807, 2.05) is 18.4 Å². The SMILES string of the molecule is Cc1ccc(C(=O)C2C(c3sccc3C)C(C(=O)O)N(C(=O)C3CCCC3)C2c2ccc(C#N)cc2)o1. The minimum atomic E-state index is -1.21. The van der Waals surface area contributed by atoms with Gasteiger partial charge < -0.3 is 14.4 Å². The number of carboxylic acids is 1. The Morgan fingerprint density at radius 2 is 1.76 bits per heavy atom. The van der Waals surface area contributed by atoms with Gasteiger partial charge in [-0.25, -0.2) is 4.79 Å². The lowest BCUT2D eigenvalue weighted by Crippen LogP contribution is -2.46. The van der Waals surface area contributed by atoms with Gasteiger partial charge in [0.15, 0.2) is 5.76 Å². The quantitative estimate of drug-likeness (QED) is 0.425. The van der Waals surface area contributed by atoms with Gasteiger partial charge in [-0.15, -0.1) is 11.3 Å². The topological polar surface area (TPSA) is 112 Å². The van der Waals surface area contributed by atoms with Crippen LogP contribution in [0.25, 0.3) is 0 Å². The number of hydrogen-bond acceptors (Lipinski definition) is 6. The summed E-state index contributed by atoms with van der Waals surface area (Å²) in [6, 6.07) is 12.1. The molecular weight excluding hydrogens is 488 g/mol. The molecular formula is C29H28N2O5S. The number of Topliss-reactive ketones (excluding diaryl/α,β-unsaturated/α-hetero) is 1. The van der Waals surface area contributed by atoms with Crippen molar-refractivity contribution in [1.29, 1.82) is 5.26 Å². The van der Waals surface area contributed by atoms with Crippen LogP contribution in [0, 0.1) is 37.0 Å². The van der Waals surface area contributed by atoms with Crippen LogP contribution in [0.3, 0.4) is 0 Å². The molecule has 0 bridgehead atoms. The Kier molecular flexibility index (Phi) is 6.74. The third-order valence-corrected chi connectivity index (χ3v) is 8.87. The molecule has 5 rings (SSSR count). The molecule has 37 heavy (non-hydrogen) atoms. The standard InChI is InChI=1S/C29H28N2O5S/c1-16-13-14-37-27(16)23-22(26(32)21-12-7-17(2)36-21)24(19-10-8-18(15-30)9-11-19)31(25(23)29(34)35)28(33)20-5-3-4-6-20/h7-14,20,22-25H,3-6H2,1-2H3,(H,34,35). The van der Waals surface area contributed by atoms with Crippen LogP contribution in [0.4, 0.5) is 0 Å². The summed E-state index contributed by atoms with van der Waals surface area (Å²) >= 11 is 1.41. The van der Waals surface area contributed by atoms with Gasteiger partial charge in [0, 0.05) is 16.7 Å². The van der Waals surface area contributed by atoms with Crippen LogP contribution in [0.5, 0.6) is 0 Å². The van der Waals surface area contributed by atoms with Crippen LogP contribution in [-0.2, 0) is 9.59 Å². The molecule has 0 spiro atoms. The van der Waals surface area contributed by atoms with E-state index in [2.05, 4.69) is 6.07 Å². The number of benzene rings is 1. The molecule has 1 saturated heterocycles. The fourth-order valence-electron chi connectivity index (χ4n) is 6.04. The molecule has 1 N–H and O–H groups in total. The number of aliphatic carboxylic acids is 1. The van der Waals surface area contributed by atoms with E-state index in [-0.39, 0.29) is 23.4 Å². The van der Waals surface area contributed by atoms with Crippen molar-refractivity contribution in [2.75, 3.05) is 0 Å².